The number of nitrogens with one attached hydrogen (secondary N) is 1. The second-order valence-electron chi connectivity index (χ2n) is 4.65. The Kier molecular flexibility index (Phi) is 4.29. The molecule has 0 aliphatic heterocycles. The van der Waals surface area contributed by atoms with Crippen LogP contribution >= 0.6 is 11.3 Å². The lowest BCUT2D eigenvalue weighted by Crippen LogP contribution is -2.34. The zero-order valence-electron chi connectivity index (χ0n) is 10.0. The number of amides is 1. The van der Waals surface area contributed by atoms with Gasteiger partial charge in [0.15, 0.2) is 5.13 Å². The number of nitrogens with two attached hydrogens (primary N) is 1. The van der Waals surface area contributed by atoms with E-state index in [1.165, 1.54) is 11.3 Å². The van der Waals surface area contributed by atoms with Gasteiger partial charge in [0.1, 0.15) is 0 Å². The highest BCUT2D eigenvalue weighted by Gasteiger charge is 2.16. The molecule has 5 heteroatoms. The fourth-order valence-electron chi connectivity index (χ4n) is 1.09. The van der Waals surface area contributed by atoms with Gasteiger partial charge in [0.25, 0.3) is 0 Å². The van der Waals surface area contributed by atoms with Crippen LogP contribution in [0.1, 0.15) is 32.9 Å². The van der Waals surface area contributed by atoms with Crippen molar-refractivity contribution >= 4 is 22.4 Å². The Bertz CT molecular complexity index is 360. The Morgan fingerprint density at radius 2 is 2.31 bits per heavy atom. The van der Waals surface area contributed by atoms with Gasteiger partial charge in [-0.1, -0.05) is 20.8 Å². The van der Waals surface area contributed by atoms with E-state index < -0.39 is 0 Å². The van der Waals surface area contributed by atoms with Gasteiger partial charge in [-0.05, 0) is 11.8 Å². The van der Waals surface area contributed by atoms with E-state index in [-0.39, 0.29) is 11.3 Å². The van der Waals surface area contributed by atoms with Crippen molar-refractivity contribution in [2.45, 2.75) is 33.6 Å². The smallest absolute Gasteiger partial charge is 0.226 e. The third kappa shape index (κ3) is 4.18. The molecule has 1 amide bonds. The van der Waals surface area contributed by atoms with Crippen LogP contribution in [-0.2, 0) is 11.2 Å². The molecule has 90 valence electrons. The largest absolute Gasteiger partial charge is 0.375 e. The van der Waals surface area contributed by atoms with Crippen LogP contribution in [0.15, 0.2) is 5.38 Å². The minimum atomic E-state index is 0.00632. The third-order valence-electron chi connectivity index (χ3n) is 2.63. The summed E-state index contributed by atoms with van der Waals surface area (Å²) in [6.45, 7) is 7.08. The van der Waals surface area contributed by atoms with E-state index in [4.69, 9.17) is 5.73 Å². The van der Waals surface area contributed by atoms with Crippen molar-refractivity contribution < 1.29 is 4.79 Å². The third-order valence-corrected chi connectivity index (χ3v) is 3.36. The molecule has 1 heterocycles. The normalized spacial score (nSPS) is 11.4. The minimum absolute atomic E-state index is 0.00632. The molecule has 0 aliphatic rings. The highest BCUT2D eigenvalue weighted by Crippen LogP contribution is 2.17. The van der Waals surface area contributed by atoms with Crippen LogP contribution in [-0.4, -0.2) is 17.4 Å². The highest BCUT2D eigenvalue weighted by molar-refractivity contribution is 7.13. The molecule has 0 atom stereocenters. The summed E-state index contributed by atoms with van der Waals surface area (Å²) in [4.78, 5) is 15.6. The molecule has 1 aromatic rings. The summed E-state index contributed by atoms with van der Waals surface area (Å²) >= 11 is 1.36. The Labute approximate surface area is 100 Å². The summed E-state index contributed by atoms with van der Waals surface area (Å²) in [6.07, 6.45) is 1.35. The molecular formula is C11H19N3OS. The summed E-state index contributed by atoms with van der Waals surface area (Å²) in [5, 5.41) is 5.25. The Hall–Kier alpha value is -1.10. The van der Waals surface area contributed by atoms with E-state index in [1.807, 2.05) is 5.38 Å². The maximum atomic E-state index is 11.6. The zero-order valence-corrected chi connectivity index (χ0v) is 10.9. The number of nitrogen functional groups attached to an aromatic ring is 1. The Morgan fingerprint density at radius 3 is 2.81 bits per heavy atom. The van der Waals surface area contributed by atoms with Crippen LogP contribution in [0.25, 0.3) is 0 Å². The van der Waals surface area contributed by atoms with Gasteiger partial charge in [0.2, 0.25) is 5.91 Å². The lowest BCUT2D eigenvalue weighted by molar-refractivity contribution is -0.120. The minimum Gasteiger partial charge on any atom is -0.375 e. The van der Waals surface area contributed by atoms with E-state index in [9.17, 15) is 4.79 Å². The lowest BCUT2D eigenvalue weighted by Gasteiger charge is -2.22. The molecule has 1 rings (SSSR count). The Morgan fingerprint density at radius 1 is 1.62 bits per heavy atom. The van der Waals surface area contributed by atoms with Crippen molar-refractivity contribution in [3.05, 3.63) is 11.1 Å². The first kappa shape index (κ1) is 13.0. The summed E-state index contributed by atoms with van der Waals surface area (Å²) in [6, 6.07) is 0. The number of nitrogens with zero attached hydrogens (tertiary/aromatic N) is 1. The second-order valence-corrected chi connectivity index (χ2v) is 5.54. The molecule has 1 aromatic heterocycles. The average Bonchev–Trinajstić information content (AvgIpc) is 2.61. The molecule has 0 aromatic carbocycles. The predicted octanol–water partition coefficient (Wildman–Crippen LogP) is 1.82. The summed E-state index contributed by atoms with van der Waals surface area (Å²) in [5.74, 6) is 0.00632. The van der Waals surface area contributed by atoms with Crippen LogP contribution in [0.3, 0.4) is 0 Å². The van der Waals surface area contributed by atoms with E-state index in [2.05, 4.69) is 31.1 Å². The number of thiazole rings is 1. The summed E-state index contributed by atoms with van der Waals surface area (Å²) in [5.41, 5.74) is 6.39. The average molecular weight is 241 g/mol. The van der Waals surface area contributed by atoms with Gasteiger partial charge < -0.3 is 11.1 Å². The Balaban J connectivity index is 2.37. The molecule has 0 bridgehead atoms. The maximum absolute atomic E-state index is 11.6. The van der Waals surface area contributed by atoms with Crippen molar-refractivity contribution in [3.8, 4) is 0 Å². The first-order valence-corrected chi connectivity index (χ1v) is 6.27. The van der Waals surface area contributed by atoms with Crippen molar-refractivity contribution in [2.24, 2.45) is 5.41 Å². The van der Waals surface area contributed by atoms with Crippen LogP contribution in [0, 0.1) is 5.41 Å². The van der Waals surface area contributed by atoms with Gasteiger partial charge in [-0.15, -0.1) is 11.3 Å². The summed E-state index contributed by atoms with van der Waals surface area (Å²) in [7, 11) is 0. The maximum Gasteiger partial charge on any atom is 0.226 e. The zero-order chi connectivity index (χ0) is 12.2. The second kappa shape index (κ2) is 5.30. The molecular weight excluding hydrogens is 222 g/mol. The number of carbonyl (C=O) groups excluding carboxylic acids is 1. The molecule has 0 fully saturated rings. The van der Waals surface area contributed by atoms with Gasteiger partial charge in [-0.2, -0.15) is 0 Å². The predicted molar refractivity (Wildman–Crippen MR) is 67.3 cm³/mol. The fourth-order valence-corrected chi connectivity index (χ4v) is 1.66. The highest BCUT2D eigenvalue weighted by atomic mass is 32.1. The number of hydrogen-bond donors (Lipinski definition) is 2. The molecule has 0 spiro atoms. The SMILES string of the molecule is CCC(C)(C)CNC(=O)Cc1csc(N)n1. The fraction of sp³-hybridized carbons (Fsp3) is 0.636. The van der Waals surface area contributed by atoms with Gasteiger partial charge in [-0.25, -0.2) is 4.98 Å². The monoisotopic (exact) mass is 241 g/mol. The van der Waals surface area contributed by atoms with Crippen LogP contribution in [0.2, 0.25) is 0 Å². The van der Waals surface area contributed by atoms with Crippen LogP contribution in [0.4, 0.5) is 5.13 Å². The first-order valence-electron chi connectivity index (χ1n) is 5.39. The van der Waals surface area contributed by atoms with Gasteiger partial charge in [-0.3, -0.25) is 4.79 Å². The molecule has 0 saturated carbocycles. The molecule has 0 saturated heterocycles. The molecule has 3 N–H and O–H groups in total. The van der Waals surface area contributed by atoms with Crippen LogP contribution < -0.4 is 11.1 Å². The number of rotatable bonds is 5. The quantitative estimate of drug-likeness (QED) is 0.826. The van der Waals surface area contributed by atoms with Gasteiger partial charge >= 0.3 is 0 Å². The standard InChI is InChI=1S/C11H19N3OS/c1-4-11(2,3)7-13-9(15)5-8-6-16-10(12)14-8/h6H,4-5,7H2,1-3H3,(H2,12,14)(H,13,15). The van der Waals surface area contributed by atoms with Gasteiger partial charge in [0, 0.05) is 11.9 Å². The number of anilines is 1. The molecule has 16 heavy (non-hydrogen) atoms. The first-order chi connectivity index (χ1) is 7.43. The van der Waals surface area contributed by atoms with Crippen LogP contribution in [0.5, 0.6) is 0 Å². The van der Waals surface area contributed by atoms with E-state index in [1.54, 1.807) is 0 Å². The van der Waals surface area contributed by atoms with E-state index >= 15 is 0 Å². The number of aromatic nitrogens is 1. The molecule has 0 radical (unpaired) electrons. The van der Waals surface area contributed by atoms with Gasteiger partial charge in [0.05, 0.1) is 12.1 Å². The summed E-state index contributed by atoms with van der Waals surface area (Å²) < 4.78 is 0. The van der Waals surface area contributed by atoms with E-state index in [0.29, 0.717) is 18.1 Å². The number of carbonyl (C=O) groups is 1. The lowest BCUT2D eigenvalue weighted by atomic mass is 9.90. The molecule has 4 nitrogen and oxygen atoms in total. The van der Waals surface area contributed by atoms with E-state index in [0.717, 1.165) is 12.1 Å². The molecule has 0 unspecified atom stereocenters. The van der Waals surface area contributed by atoms with Crippen molar-refractivity contribution in [1.29, 1.82) is 0 Å². The topological polar surface area (TPSA) is 68.0 Å². The molecule has 0 aliphatic carbocycles. The number of hydrogen-bond acceptors (Lipinski definition) is 4. The van der Waals surface area contributed by atoms with Crippen molar-refractivity contribution in [2.75, 3.05) is 12.3 Å². The van der Waals surface area contributed by atoms with Crippen molar-refractivity contribution in [3.63, 3.8) is 0 Å². The van der Waals surface area contributed by atoms with Crippen molar-refractivity contribution in [1.82, 2.24) is 10.3 Å².